The molecule has 0 bridgehead atoms. The van der Waals surface area contributed by atoms with Crippen LogP contribution in [0.5, 0.6) is 0 Å². The Kier molecular flexibility index (Phi) is 10.5. The highest BCUT2D eigenvalue weighted by atomic mass is 16.5. The van der Waals surface area contributed by atoms with Crippen molar-refractivity contribution in [2.45, 2.75) is 25.8 Å². The van der Waals surface area contributed by atoms with Gasteiger partial charge in [0.25, 0.3) is 0 Å². The molecule has 1 atom stereocenters. The number of carboxylic acid groups (broad SMARTS) is 1. The Morgan fingerprint density at radius 2 is 2.00 bits per heavy atom. The van der Waals surface area contributed by atoms with Gasteiger partial charge in [0.05, 0.1) is 6.61 Å². The van der Waals surface area contributed by atoms with E-state index in [1.165, 1.54) is 0 Å². The summed E-state index contributed by atoms with van der Waals surface area (Å²) in [6.07, 6.45) is 0.176. The summed E-state index contributed by atoms with van der Waals surface area (Å²) < 4.78 is 4.58. The summed E-state index contributed by atoms with van der Waals surface area (Å²) in [6, 6.07) is -0.977. The van der Waals surface area contributed by atoms with Crippen molar-refractivity contribution in [3.63, 3.8) is 0 Å². The molecule has 0 aromatic rings. The summed E-state index contributed by atoms with van der Waals surface area (Å²) in [7, 11) is 0. The molecule has 0 saturated heterocycles. The number of hydrogen-bond donors (Lipinski definition) is 2. The van der Waals surface area contributed by atoms with E-state index in [-0.39, 0.29) is 12.8 Å². The standard InChI is InChI=1S/C7H13NO4.C2H4/c1-2-12-6(9)4-3-5(8)7(10)11;1-2/h5H,2-4,8H2,1H3,(H,10,11);1-2H2/t5-;/m0./s1. The van der Waals surface area contributed by atoms with Crippen molar-refractivity contribution >= 4 is 11.9 Å². The fourth-order valence-corrected chi connectivity index (χ4v) is 0.630. The minimum Gasteiger partial charge on any atom is -0.480 e. The van der Waals surface area contributed by atoms with Gasteiger partial charge in [-0.15, -0.1) is 13.2 Å². The van der Waals surface area contributed by atoms with Crippen molar-refractivity contribution in [1.82, 2.24) is 0 Å². The number of hydrogen-bond acceptors (Lipinski definition) is 4. The lowest BCUT2D eigenvalue weighted by Crippen LogP contribution is -2.30. The van der Waals surface area contributed by atoms with E-state index in [1.807, 2.05) is 0 Å². The number of aliphatic carboxylic acids is 1. The molecule has 5 heteroatoms. The number of rotatable bonds is 5. The smallest absolute Gasteiger partial charge is 0.320 e. The summed E-state index contributed by atoms with van der Waals surface area (Å²) in [6.45, 7) is 8.00. The van der Waals surface area contributed by atoms with Crippen molar-refractivity contribution < 1.29 is 19.4 Å². The highest BCUT2D eigenvalue weighted by Gasteiger charge is 2.13. The number of nitrogens with two attached hydrogens (primary N) is 1. The molecule has 5 nitrogen and oxygen atoms in total. The van der Waals surface area contributed by atoms with E-state index in [1.54, 1.807) is 6.92 Å². The maximum atomic E-state index is 10.7. The van der Waals surface area contributed by atoms with Crippen molar-refractivity contribution in [3.8, 4) is 0 Å². The molecule has 3 N–H and O–H groups in total. The highest BCUT2D eigenvalue weighted by Crippen LogP contribution is 1.96. The van der Waals surface area contributed by atoms with Gasteiger partial charge in [-0.25, -0.2) is 0 Å². The van der Waals surface area contributed by atoms with Crippen molar-refractivity contribution in [2.24, 2.45) is 5.73 Å². The Labute approximate surface area is 83.5 Å². The molecule has 0 aliphatic heterocycles. The Morgan fingerprint density at radius 3 is 2.36 bits per heavy atom. The Bertz CT molecular complexity index is 182. The van der Waals surface area contributed by atoms with Gasteiger partial charge in [-0.1, -0.05) is 0 Å². The lowest BCUT2D eigenvalue weighted by Gasteiger charge is -2.04. The lowest BCUT2D eigenvalue weighted by molar-refractivity contribution is -0.143. The molecule has 0 rings (SSSR count). The third kappa shape index (κ3) is 8.73. The average Bonchev–Trinajstić information content (AvgIpc) is 2.17. The van der Waals surface area contributed by atoms with Crippen LogP contribution in [0.15, 0.2) is 13.2 Å². The molecule has 14 heavy (non-hydrogen) atoms. The fraction of sp³-hybridized carbons (Fsp3) is 0.556. The van der Waals surface area contributed by atoms with E-state index < -0.39 is 18.0 Å². The number of carbonyl (C=O) groups is 2. The number of esters is 1. The number of carboxylic acids is 1. The zero-order chi connectivity index (χ0) is 11.6. The minimum absolute atomic E-state index is 0.0569. The van der Waals surface area contributed by atoms with E-state index in [9.17, 15) is 9.59 Å². The van der Waals surface area contributed by atoms with Gasteiger partial charge in [0.2, 0.25) is 0 Å². The first kappa shape index (κ1) is 15.1. The van der Waals surface area contributed by atoms with Crippen molar-refractivity contribution in [3.05, 3.63) is 13.2 Å². The third-order valence-corrected chi connectivity index (χ3v) is 1.28. The predicted molar refractivity (Wildman–Crippen MR) is 52.7 cm³/mol. The second-order valence-electron chi connectivity index (χ2n) is 2.29. The molecule has 0 aliphatic rings. The van der Waals surface area contributed by atoms with Gasteiger partial charge in [0.15, 0.2) is 0 Å². The van der Waals surface area contributed by atoms with Gasteiger partial charge < -0.3 is 15.6 Å². The molecule has 0 radical (unpaired) electrons. The van der Waals surface area contributed by atoms with Crippen LogP contribution in [0.2, 0.25) is 0 Å². The molecular weight excluding hydrogens is 186 g/mol. The first-order chi connectivity index (χ1) is 6.57. The molecule has 0 spiro atoms. The molecule has 0 aliphatic carbocycles. The van der Waals surface area contributed by atoms with Crippen LogP contribution < -0.4 is 5.73 Å². The monoisotopic (exact) mass is 203 g/mol. The normalized spacial score (nSPS) is 10.7. The summed E-state index contributed by atoms with van der Waals surface area (Å²) in [5.41, 5.74) is 5.15. The van der Waals surface area contributed by atoms with Crippen LogP contribution in [0.1, 0.15) is 19.8 Å². The highest BCUT2D eigenvalue weighted by molar-refractivity contribution is 5.75. The van der Waals surface area contributed by atoms with Gasteiger partial charge in [-0.05, 0) is 13.3 Å². The summed E-state index contributed by atoms with van der Waals surface area (Å²) in [5.74, 6) is -1.51. The van der Waals surface area contributed by atoms with Gasteiger partial charge in [-0.3, -0.25) is 9.59 Å². The van der Waals surface area contributed by atoms with Crippen LogP contribution in [-0.4, -0.2) is 29.7 Å². The van der Waals surface area contributed by atoms with E-state index in [4.69, 9.17) is 10.8 Å². The molecule has 0 unspecified atom stereocenters. The van der Waals surface area contributed by atoms with E-state index >= 15 is 0 Å². The largest absolute Gasteiger partial charge is 0.480 e. The Balaban J connectivity index is 0. The van der Waals surface area contributed by atoms with Gasteiger partial charge >= 0.3 is 11.9 Å². The zero-order valence-corrected chi connectivity index (χ0v) is 8.36. The first-order valence-electron chi connectivity index (χ1n) is 4.22. The van der Waals surface area contributed by atoms with Crippen molar-refractivity contribution in [1.29, 1.82) is 0 Å². The van der Waals surface area contributed by atoms with Crippen LogP contribution >= 0.6 is 0 Å². The molecule has 0 aromatic carbocycles. The topological polar surface area (TPSA) is 89.6 Å². The van der Waals surface area contributed by atoms with Crippen LogP contribution in [0.4, 0.5) is 0 Å². The molecule has 0 aromatic heterocycles. The van der Waals surface area contributed by atoms with Crippen molar-refractivity contribution in [2.75, 3.05) is 6.61 Å². The second kappa shape index (κ2) is 9.73. The lowest BCUT2D eigenvalue weighted by atomic mass is 10.2. The quantitative estimate of drug-likeness (QED) is 0.503. The summed E-state index contributed by atoms with van der Waals surface area (Å²) in [4.78, 5) is 20.9. The molecule has 82 valence electrons. The van der Waals surface area contributed by atoms with E-state index in [2.05, 4.69) is 17.9 Å². The number of ether oxygens (including phenoxy) is 1. The predicted octanol–water partition coefficient (Wildman–Crippen LogP) is 0.544. The van der Waals surface area contributed by atoms with Gasteiger partial charge in [0, 0.05) is 6.42 Å². The fourth-order valence-electron chi connectivity index (χ4n) is 0.630. The van der Waals surface area contributed by atoms with E-state index in [0.717, 1.165) is 0 Å². The minimum atomic E-state index is -1.10. The molecular formula is C9H17NO4. The molecule has 0 saturated carbocycles. The van der Waals surface area contributed by atoms with Crippen LogP contribution in [0.3, 0.4) is 0 Å². The zero-order valence-electron chi connectivity index (χ0n) is 8.36. The average molecular weight is 203 g/mol. The number of carbonyl (C=O) groups excluding carboxylic acids is 1. The third-order valence-electron chi connectivity index (χ3n) is 1.28. The maximum Gasteiger partial charge on any atom is 0.320 e. The van der Waals surface area contributed by atoms with Crippen LogP contribution in [0, 0.1) is 0 Å². The molecule has 0 amide bonds. The molecule has 0 heterocycles. The van der Waals surface area contributed by atoms with Gasteiger partial charge in [-0.2, -0.15) is 0 Å². The van der Waals surface area contributed by atoms with Crippen LogP contribution in [-0.2, 0) is 14.3 Å². The summed E-state index contributed by atoms with van der Waals surface area (Å²) >= 11 is 0. The van der Waals surface area contributed by atoms with Crippen LogP contribution in [0.25, 0.3) is 0 Å². The Morgan fingerprint density at radius 1 is 1.50 bits per heavy atom. The van der Waals surface area contributed by atoms with E-state index in [0.29, 0.717) is 6.61 Å². The van der Waals surface area contributed by atoms with Gasteiger partial charge in [0.1, 0.15) is 6.04 Å². The summed E-state index contributed by atoms with van der Waals surface area (Å²) in [5, 5.41) is 8.35. The Hall–Kier alpha value is -1.36. The SMILES string of the molecule is C=C.CCOC(=O)CC[C@H](N)C(=O)O. The first-order valence-corrected chi connectivity index (χ1v) is 4.22. The molecule has 0 fully saturated rings. The maximum absolute atomic E-state index is 10.7. The second-order valence-corrected chi connectivity index (χ2v) is 2.29.